The Hall–Kier alpha value is -3.41. The van der Waals surface area contributed by atoms with E-state index in [0.29, 0.717) is 12.1 Å². The maximum absolute atomic E-state index is 13.5. The largest absolute Gasteiger partial charge is 0.416 e. The van der Waals surface area contributed by atoms with Gasteiger partial charge in [0.1, 0.15) is 0 Å². The normalized spacial score (nSPS) is 12.8. The number of rotatable bonds is 6. The summed E-state index contributed by atoms with van der Waals surface area (Å²) in [6.45, 7) is 8.12. The molecule has 34 heavy (non-hydrogen) atoms. The predicted octanol–water partition coefficient (Wildman–Crippen LogP) is 6.87. The molecule has 0 radical (unpaired) electrons. The molecule has 3 aromatic carbocycles. The van der Waals surface area contributed by atoms with Gasteiger partial charge in [0.2, 0.25) is 5.91 Å². The van der Waals surface area contributed by atoms with E-state index in [1.807, 2.05) is 51.1 Å². The van der Waals surface area contributed by atoms with E-state index in [1.54, 1.807) is 36.1 Å². The second kappa shape index (κ2) is 9.84. The van der Waals surface area contributed by atoms with Crippen LogP contribution in [-0.2, 0) is 17.5 Å². The lowest BCUT2D eigenvalue weighted by Gasteiger charge is -2.37. The highest BCUT2D eigenvalue weighted by molar-refractivity contribution is 6.09. The van der Waals surface area contributed by atoms with Crippen molar-refractivity contribution < 1.29 is 22.8 Å². The number of hydrogen-bond donors (Lipinski definition) is 0. The van der Waals surface area contributed by atoms with Crippen LogP contribution in [-0.4, -0.2) is 22.1 Å². The second-order valence-corrected chi connectivity index (χ2v) is 9.34. The Morgan fingerprint density at radius 2 is 1.41 bits per heavy atom. The minimum Gasteiger partial charge on any atom is -0.333 e. The molecule has 3 rings (SSSR count). The summed E-state index contributed by atoms with van der Waals surface area (Å²) in [5.41, 5.74) is 0.511. The summed E-state index contributed by atoms with van der Waals surface area (Å²) in [5.74, 6) is -1.17. The maximum atomic E-state index is 13.5. The fourth-order valence-electron chi connectivity index (χ4n) is 3.74. The van der Waals surface area contributed by atoms with Crippen molar-refractivity contribution in [3.8, 4) is 0 Å². The molecule has 0 saturated carbocycles. The third kappa shape index (κ3) is 5.93. The molecule has 0 aromatic heterocycles. The molecule has 0 saturated heterocycles. The third-order valence-electron chi connectivity index (χ3n) is 5.73. The van der Waals surface area contributed by atoms with Gasteiger partial charge in [-0.15, -0.1) is 0 Å². The molecule has 0 N–H and O–H groups in total. The Bertz CT molecular complexity index is 1160. The number of carbonyl (C=O) groups is 2. The highest BCUT2D eigenvalue weighted by Gasteiger charge is 2.32. The van der Waals surface area contributed by atoms with Crippen LogP contribution in [0.2, 0.25) is 0 Å². The first kappa shape index (κ1) is 25.2. The van der Waals surface area contributed by atoms with Gasteiger partial charge in [-0.05, 0) is 57.0 Å². The third-order valence-corrected chi connectivity index (χ3v) is 5.73. The number of carbonyl (C=O) groups excluding carboxylic acids is 2. The minimum atomic E-state index is -4.53. The molecule has 1 atom stereocenters. The summed E-state index contributed by atoms with van der Waals surface area (Å²) in [4.78, 5) is 28.3. The van der Waals surface area contributed by atoms with Crippen molar-refractivity contribution in [1.82, 2.24) is 4.90 Å². The van der Waals surface area contributed by atoms with Gasteiger partial charge in [0.05, 0.1) is 11.5 Å². The van der Waals surface area contributed by atoms with Crippen LogP contribution in [0.5, 0.6) is 0 Å². The van der Waals surface area contributed by atoms with Crippen molar-refractivity contribution in [2.45, 2.75) is 51.9 Å². The van der Waals surface area contributed by atoms with Crippen LogP contribution in [0.3, 0.4) is 0 Å². The van der Waals surface area contributed by atoms with Gasteiger partial charge in [-0.25, -0.2) is 0 Å². The van der Waals surface area contributed by atoms with Gasteiger partial charge in [0, 0.05) is 23.2 Å². The van der Waals surface area contributed by atoms with E-state index in [9.17, 15) is 22.8 Å². The van der Waals surface area contributed by atoms with Gasteiger partial charge in [-0.1, -0.05) is 60.7 Å². The van der Waals surface area contributed by atoms with E-state index in [4.69, 9.17) is 0 Å². The zero-order chi connectivity index (χ0) is 25.1. The average molecular weight is 468 g/mol. The number of benzene rings is 3. The van der Waals surface area contributed by atoms with Gasteiger partial charge in [-0.3, -0.25) is 9.59 Å². The molecule has 0 aliphatic heterocycles. The molecular formula is C28H28F3NO2. The van der Waals surface area contributed by atoms with Crippen molar-refractivity contribution in [2.24, 2.45) is 0 Å². The minimum absolute atomic E-state index is 0.0497. The molecule has 0 spiro atoms. The summed E-state index contributed by atoms with van der Waals surface area (Å²) in [7, 11) is 0. The number of amides is 1. The first-order chi connectivity index (χ1) is 15.9. The summed E-state index contributed by atoms with van der Waals surface area (Å²) < 4.78 is 39.2. The van der Waals surface area contributed by atoms with Crippen molar-refractivity contribution >= 4 is 11.7 Å². The fraction of sp³-hybridized carbons (Fsp3) is 0.286. The highest BCUT2D eigenvalue weighted by Crippen LogP contribution is 2.30. The molecule has 6 heteroatoms. The lowest BCUT2D eigenvalue weighted by Crippen LogP contribution is -2.46. The van der Waals surface area contributed by atoms with Crippen molar-refractivity contribution in [2.75, 3.05) is 0 Å². The first-order valence-corrected chi connectivity index (χ1v) is 11.1. The Morgan fingerprint density at radius 1 is 0.824 bits per heavy atom. The number of halogens is 3. The van der Waals surface area contributed by atoms with Crippen molar-refractivity contribution in [1.29, 1.82) is 0 Å². The summed E-state index contributed by atoms with van der Waals surface area (Å²) in [5, 5.41) is 0. The quantitative estimate of drug-likeness (QED) is 0.371. The number of ketones is 1. The standard InChI is InChI=1S/C28H28F3NO2/c1-19(26(34)32(27(2,3)4)18-20-10-6-5-7-11-20)21-12-8-13-22(16-21)25(33)23-14-9-15-24(17-23)28(29,30)31/h5-17,19H,18H2,1-4H3. The first-order valence-electron chi connectivity index (χ1n) is 11.1. The molecular weight excluding hydrogens is 439 g/mol. The molecule has 178 valence electrons. The van der Waals surface area contributed by atoms with Gasteiger partial charge < -0.3 is 4.90 Å². The van der Waals surface area contributed by atoms with Crippen molar-refractivity contribution in [3.63, 3.8) is 0 Å². The Morgan fingerprint density at radius 3 is 2.00 bits per heavy atom. The monoisotopic (exact) mass is 467 g/mol. The smallest absolute Gasteiger partial charge is 0.333 e. The molecule has 1 unspecified atom stereocenters. The number of nitrogens with zero attached hydrogens (tertiary/aromatic N) is 1. The van der Waals surface area contributed by atoms with E-state index in [1.165, 1.54) is 12.1 Å². The van der Waals surface area contributed by atoms with E-state index in [0.717, 1.165) is 17.7 Å². The van der Waals surface area contributed by atoms with E-state index in [2.05, 4.69) is 0 Å². The van der Waals surface area contributed by atoms with Crippen LogP contribution in [0.1, 0.15) is 66.2 Å². The Kier molecular flexibility index (Phi) is 7.29. The van der Waals surface area contributed by atoms with Crippen LogP contribution in [0, 0.1) is 0 Å². The zero-order valence-corrected chi connectivity index (χ0v) is 19.7. The maximum Gasteiger partial charge on any atom is 0.416 e. The fourth-order valence-corrected chi connectivity index (χ4v) is 3.74. The second-order valence-electron chi connectivity index (χ2n) is 9.34. The van der Waals surface area contributed by atoms with Gasteiger partial charge in [-0.2, -0.15) is 13.2 Å². The SMILES string of the molecule is CC(C(=O)N(Cc1ccccc1)C(C)(C)C)c1cccc(C(=O)c2cccc(C(F)(F)F)c2)c1. The van der Waals surface area contributed by atoms with E-state index >= 15 is 0 Å². The summed E-state index contributed by atoms with van der Waals surface area (Å²) in [6, 6.07) is 20.6. The molecule has 3 aromatic rings. The lowest BCUT2D eigenvalue weighted by molar-refractivity contribution is -0.138. The van der Waals surface area contributed by atoms with Crippen LogP contribution < -0.4 is 0 Å². The van der Waals surface area contributed by atoms with Crippen LogP contribution in [0.4, 0.5) is 13.2 Å². The topological polar surface area (TPSA) is 37.4 Å². The molecule has 3 nitrogen and oxygen atoms in total. The van der Waals surface area contributed by atoms with Crippen LogP contribution in [0.25, 0.3) is 0 Å². The summed E-state index contributed by atoms with van der Waals surface area (Å²) >= 11 is 0. The lowest BCUT2D eigenvalue weighted by atomic mass is 9.92. The zero-order valence-electron chi connectivity index (χ0n) is 19.7. The van der Waals surface area contributed by atoms with E-state index in [-0.39, 0.29) is 17.0 Å². The molecule has 1 amide bonds. The van der Waals surface area contributed by atoms with Crippen LogP contribution >= 0.6 is 0 Å². The van der Waals surface area contributed by atoms with Gasteiger partial charge >= 0.3 is 6.18 Å². The molecule has 0 aliphatic carbocycles. The number of alkyl halides is 3. The van der Waals surface area contributed by atoms with Gasteiger partial charge in [0.25, 0.3) is 0 Å². The number of hydrogen-bond acceptors (Lipinski definition) is 2. The Balaban J connectivity index is 1.88. The average Bonchev–Trinajstić information content (AvgIpc) is 2.80. The predicted molar refractivity (Wildman–Crippen MR) is 126 cm³/mol. The summed E-state index contributed by atoms with van der Waals surface area (Å²) in [6.07, 6.45) is -4.53. The van der Waals surface area contributed by atoms with Gasteiger partial charge in [0.15, 0.2) is 5.78 Å². The van der Waals surface area contributed by atoms with Crippen molar-refractivity contribution in [3.05, 3.63) is 107 Å². The van der Waals surface area contributed by atoms with E-state index < -0.39 is 29.0 Å². The molecule has 0 bridgehead atoms. The molecule has 0 heterocycles. The Labute approximate surface area is 198 Å². The highest BCUT2D eigenvalue weighted by atomic mass is 19.4. The van der Waals surface area contributed by atoms with Crippen LogP contribution in [0.15, 0.2) is 78.9 Å². The molecule has 0 aliphatic rings. The molecule has 0 fully saturated rings.